The van der Waals surface area contributed by atoms with E-state index in [1.165, 1.54) is 11.3 Å². The highest BCUT2D eigenvalue weighted by atomic mass is 16.5. The van der Waals surface area contributed by atoms with Crippen molar-refractivity contribution in [3.05, 3.63) is 59.7 Å². The summed E-state index contributed by atoms with van der Waals surface area (Å²) in [5.74, 6) is 0.680. The van der Waals surface area contributed by atoms with Crippen LogP contribution in [0.25, 0.3) is 0 Å². The molecule has 25 heavy (non-hydrogen) atoms. The second kappa shape index (κ2) is 9.11. The number of amides is 1. The molecular formula is C21H28N2O2. The lowest BCUT2D eigenvalue weighted by atomic mass is 10.1. The number of rotatable bonds is 8. The molecule has 1 amide bonds. The number of nitrogens with one attached hydrogen (secondary N) is 1. The Hall–Kier alpha value is -2.49. The van der Waals surface area contributed by atoms with E-state index in [1.54, 1.807) is 6.92 Å². The van der Waals surface area contributed by atoms with E-state index in [-0.39, 0.29) is 5.91 Å². The maximum absolute atomic E-state index is 12.2. The van der Waals surface area contributed by atoms with Crippen LogP contribution in [0.3, 0.4) is 0 Å². The Kier molecular flexibility index (Phi) is 6.87. The summed E-state index contributed by atoms with van der Waals surface area (Å²) < 4.78 is 5.79. The summed E-state index contributed by atoms with van der Waals surface area (Å²) in [6.45, 7) is 7.34. The average molecular weight is 340 g/mol. The normalized spacial score (nSPS) is 11.7. The van der Waals surface area contributed by atoms with Crippen molar-refractivity contribution in [2.24, 2.45) is 0 Å². The van der Waals surface area contributed by atoms with Crippen LogP contribution >= 0.6 is 0 Å². The van der Waals surface area contributed by atoms with Crippen LogP contribution < -0.4 is 15.0 Å². The van der Waals surface area contributed by atoms with Crippen molar-refractivity contribution < 1.29 is 9.53 Å². The Morgan fingerprint density at radius 1 is 1.16 bits per heavy atom. The van der Waals surface area contributed by atoms with Crippen molar-refractivity contribution in [2.75, 3.05) is 25.0 Å². The summed E-state index contributed by atoms with van der Waals surface area (Å²) in [6.07, 6.45) is 0.376. The molecule has 1 atom stereocenters. The summed E-state index contributed by atoms with van der Waals surface area (Å²) in [7, 11) is 2.06. The molecule has 0 fully saturated rings. The molecule has 2 aromatic rings. The molecule has 0 heterocycles. The van der Waals surface area contributed by atoms with Crippen molar-refractivity contribution in [2.45, 2.75) is 33.3 Å². The van der Waals surface area contributed by atoms with Crippen molar-refractivity contribution >= 4 is 11.6 Å². The predicted molar refractivity (Wildman–Crippen MR) is 103 cm³/mol. The minimum atomic E-state index is -0.506. The second-order valence-electron chi connectivity index (χ2n) is 6.43. The minimum Gasteiger partial charge on any atom is -0.481 e. The number of anilines is 1. The summed E-state index contributed by atoms with van der Waals surface area (Å²) in [5, 5.41) is 2.95. The van der Waals surface area contributed by atoms with Crippen LogP contribution in [0, 0.1) is 13.8 Å². The van der Waals surface area contributed by atoms with E-state index < -0.39 is 6.10 Å². The molecule has 0 aliphatic carbocycles. The Labute approximate surface area is 150 Å². The Balaban J connectivity index is 1.72. The zero-order valence-electron chi connectivity index (χ0n) is 15.6. The number of nitrogens with zero attached hydrogens (tertiary/aromatic N) is 1. The summed E-state index contributed by atoms with van der Waals surface area (Å²) in [5.41, 5.74) is 3.41. The predicted octanol–water partition coefficient (Wildman–Crippen LogP) is 3.71. The largest absolute Gasteiger partial charge is 0.481 e. The summed E-state index contributed by atoms with van der Waals surface area (Å²) in [6, 6.07) is 16.2. The zero-order valence-corrected chi connectivity index (χ0v) is 15.6. The third-order valence-corrected chi connectivity index (χ3v) is 4.17. The topological polar surface area (TPSA) is 41.6 Å². The first-order chi connectivity index (χ1) is 12.0. The molecule has 4 nitrogen and oxygen atoms in total. The fourth-order valence-corrected chi connectivity index (χ4v) is 2.66. The van der Waals surface area contributed by atoms with Gasteiger partial charge >= 0.3 is 0 Å². The third-order valence-electron chi connectivity index (χ3n) is 4.17. The number of carbonyl (C=O) groups is 1. The minimum absolute atomic E-state index is 0.0812. The lowest BCUT2D eigenvalue weighted by Crippen LogP contribution is -2.37. The molecule has 4 heteroatoms. The van der Waals surface area contributed by atoms with Gasteiger partial charge in [0, 0.05) is 25.8 Å². The molecular weight excluding hydrogens is 312 g/mol. The molecule has 0 aromatic heterocycles. The number of carbonyl (C=O) groups excluding carboxylic acids is 1. The number of hydrogen-bond donors (Lipinski definition) is 1. The van der Waals surface area contributed by atoms with Crippen LogP contribution in [0.15, 0.2) is 48.5 Å². The maximum atomic E-state index is 12.2. The Morgan fingerprint density at radius 2 is 1.88 bits per heavy atom. The lowest BCUT2D eigenvalue weighted by Gasteiger charge is -2.20. The number of para-hydroxylation sites is 1. The van der Waals surface area contributed by atoms with E-state index in [2.05, 4.69) is 35.5 Å². The van der Waals surface area contributed by atoms with Gasteiger partial charge in [-0.25, -0.2) is 0 Å². The van der Waals surface area contributed by atoms with Crippen LogP contribution in [0.4, 0.5) is 5.69 Å². The first-order valence-electron chi connectivity index (χ1n) is 8.75. The Bertz CT molecular complexity index is 686. The molecule has 0 bridgehead atoms. The number of hydrogen-bond acceptors (Lipinski definition) is 3. The smallest absolute Gasteiger partial charge is 0.260 e. The fraction of sp³-hybridized carbons (Fsp3) is 0.381. The highest BCUT2D eigenvalue weighted by Crippen LogP contribution is 2.20. The van der Waals surface area contributed by atoms with Gasteiger partial charge < -0.3 is 15.0 Å². The molecule has 0 radical (unpaired) electrons. The van der Waals surface area contributed by atoms with Gasteiger partial charge in [-0.1, -0.05) is 35.9 Å². The van der Waals surface area contributed by atoms with Crippen molar-refractivity contribution in [1.29, 1.82) is 0 Å². The number of ether oxygens (including phenoxy) is 1. The Morgan fingerprint density at radius 3 is 2.56 bits per heavy atom. The molecule has 0 spiro atoms. The highest BCUT2D eigenvalue weighted by molar-refractivity contribution is 5.80. The maximum Gasteiger partial charge on any atom is 0.260 e. The average Bonchev–Trinajstić information content (AvgIpc) is 2.61. The van der Waals surface area contributed by atoms with E-state index >= 15 is 0 Å². The first-order valence-corrected chi connectivity index (χ1v) is 8.75. The first kappa shape index (κ1) is 18.8. The number of benzene rings is 2. The van der Waals surface area contributed by atoms with E-state index in [4.69, 9.17) is 4.74 Å². The fourth-order valence-electron chi connectivity index (χ4n) is 2.66. The monoisotopic (exact) mass is 340 g/mol. The van der Waals surface area contributed by atoms with Gasteiger partial charge in [-0.15, -0.1) is 0 Å². The molecule has 0 saturated carbocycles. The van der Waals surface area contributed by atoms with Crippen LogP contribution in [-0.4, -0.2) is 32.1 Å². The van der Waals surface area contributed by atoms with E-state index in [0.717, 1.165) is 24.3 Å². The van der Waals surface area contributed by atoms with E-state index in [1.807, 2.05) is 44.2 Å². The van der Waals surface area contributed by atoms with Gasteiger partial charge in [-0.2, -0.15) is 0 Å². The molecule has 2 aromatic carbocycles. The highest BCUT2D eigenvalue weighted by Gasteiger charge is 2.15. The van der Waals surface area contributed by atoms with Crippen molar-refractivity contribution in [3.8, 4) is 5.75 Å². The summed E-state index contributed by atoms with van der Waals surface area (Å²) >= 11 is 0. The lowest BCUT2D eigenvalue weighted by molar-refractivity contribution is -0.127. The SMILES string of the molecule is Cc1ccc(O[C@H](C)C(=O)NCCCN(C)c2ccccc2)c(C)c1. The van der Waals surface area contributed by atoms with Gasteiger partial charge in [0.25, 0.3) is 5.91 Å². The molecule has 134 valence electrons. The van der Waals surface area contributed by atoms with Gasteiger partial charge in [0.1, 0.15) is 5.75 Å². The molecule has 0 unspecified atom stereocenters. The summed E-state index contributed by atoms with van der Waals surface area (Å²) in [4.78, 5) is 14.4. The molecule has 2 rings (SSSR count). The van der Waals surface area contributed by atoms with Crippen molar-refractivity contribution in [1.82, 2.24) is 5.32 Å². The van der Waals surface area contributed by atoms with Crippen LogP contribution in [0.2, 0.25) is 0 Å². The molecule has 0 aliphatic heterocycles. The molecule has 0 aliphatic rings. The van der Waals surface area contributed by atoms with Gasteiger partial charge in [-0.3, -0.25) is 4.79 Å². The quantitative estimate of drug-likeness (QED) is 0.745. The van der Waals surface area contributed by atoms with Gasteiger partial charge in [0.2, 0.25) is 0 Å². The standard InChI is InChI=1S/C21H28N2O2/c1-16-11-12-20(17(2)15-16)25-18(3)21(24)22-13-8-14-23(4)19-9-6-5-7-10-19/h5-7,9-12,15,18H,8,13-14H2,1-4H3,(H,22,24)/t18-/m1/s1. The van der Waals surface area contributed by atoms with Crippen LogP contribution in [0.5, 0.6) is 5.75 Å². The molecule has 1 N–H and O–H groups in total. The second-order valence-corrected chi connectivity index (χ2v) is 6.43. The van der Waals surface area contributed by atoms with Crippen LogP contribution in [-0.2, 0) is 4.79 Å². The van der Waals surface area contributed by atoms with Gasteiger partial charge in [0.15, 0.2) is 6.10 Å². The van der Waals surface area contributed by atoms with E-state index in [0.29, 0.717) is 6.54 Å². The van der Waals surface area contributed by atoms with Gasteiger partial charge in [-0.05, 0) is 51.0 Å². The van der Waals surface area contributed by atoms with E-state index in [9.17, 15) is 4.79 Å². The van der Waals surface area contributed by atoms with Crippen molar-refractivity contribution in [3.63, 3.8) is 0 Å². The van der Waals surface area contributed by atoms with Gasteiger partial charge in [0.05, 0.1) is 0 Å². The van der Waals surface area contributed by atoms with Crippen LogP contribution in [0.1, 0.15) is 24.5 Å². The number of aryl methyl sites for hydroxylation is 2. The zero-order chi connectivity index (χ0) is 18.2. The molecule has 0 saturated heterocycles. The third kappa shape index (κ3) is 5.82.